The highest BCUT2D eigenvalue weighted by atomic mass is 79.9. The van der Waals surface area contributed by atoms with E-state index < -0.39 is 0 Å². The molecule has 5 heteroatoms. The summed E-state index contributed by atoms with van der Waals surface area (Å²) in [6.07, 6.45) is -0.162. The summed E-state index contributed by atoms with van der Waals surface area (Å²) in [7, 11) is 0. The van der Waals surface area contributed by atoms with Gasteiger partial charge in [0.25, 0.3) is 5.91 Å². The zero-order valence-electron chi connectivity index (χ0n) is 12.8. The van der Waals surface area contributed by atoms with Gasteiger partial charge in [-0.3, -0.25) is 9.59 Å². The summed E-state index contributed by atoms with van der Waals surface area (Å²) in [6, 6.07) is 16.6. The summed E-state index contributed by atoms with van der Waals surface area (Å²) >= 11 is 3.32. The van der Waals surface area contributed by atoms with E-state index in [4.69, 9.17) is 4.74 Å². The first-order chi connectivity index (χ1) is 11.1. The van der Waals surface area contributed by atoms with E-state index in [1.165, 1.54) is 0 Å². The van der Waals surface area contributed by atoms with E-state index >= 15 is 0 Å². The zero-order chi connectivity index (χ0) is 16.7. The normalized spacial score (nSPS) is 11.6. The van der Waals surface area contributed by atoms with E-state index in [1.807, 2.05) is 37.3 Å². The van der Waals surface area contributed by atoms with Crippen LogP contribution in [-0.2, 0) is 9.53 Å². The molecule has 1 atom stereocenters. The molecule has 1 N–H and O–H groups in total. The Morgan fingerprint density at radius 1 is 1.09 bits per heavy atom. The third-order valence-corrected chi connectivity index (χ3v) is 3.83. The highest BCUT2D eigenvalue weighted by Gasteiger charge is 2.12. The molecule has 0 saturated heterocycles. The molecule has 0 fully saturated rings. The smallest absolute Gasteiger partial charge is 0.308 e. The van der Waals surface area contributed by atoms with Crippen LogP contribution < -0.4 is 5.32 Å². The summed E-state index contributed by atoms with van der Waals surface area (Å²) in [4.78, 5) is 23.7. The Balaban J connectivity index is 1.74. The van der Waals surface area contributed by atoms with Crippen LogP contribution in [0.5, 0.6) is 0 Å². The maximum Gasteiger partial charge on any atom is 0.308 e. The Bertz CT molecular complexity index is 656. The summed E-state index contributed by atoms with van der Waals surface area (Å²) < 4.78 is 6.25. The number of amides is 1. The molecule has 0 aliphatic carbocycles. The van der Waals surface area contributed by atoms with Crippen LogP contribution in [0.25, 0.3) is 0 Å². The predicted molar refractivity (Wildman–Crippen MR) is 92.0 cm³/mol. The second-order valence-corrected chi connectivity index (χ2v) is 5.97. The lowest BCUT2D eigenvalue weighted by molar-refractivity contribution is -0.148. The monoisotopic (exact) mass is 375 g/mol. The van der Waals surface area contributed by atoms with Gasteiger partial charge in [-0.1, -0.05) is 46.3 Å². The number of carbonyl (C=O) groups is 2. The van der Waals surface area contributed by atoms with Gasteiger partial charge < -0.3 is 10.1 Å². The van der Waals surface area contributed by atoms with Gasteiger partial charge in [0.05, 0.1) is 6.42 Å². The van der Waals surface area contributed by atoms with Gasteiger partial charge in [0, 0.05) is 16.6 Å². The molecule has 1 amide bonds. The van der Waals surface area contributed by atoms with Crippen molar-refractivity contribution in [2.45, 2.75) is 19.4 Å². The Kier molecular flexibility index (Phi) is 6.35. The molecular weight excluding hydrogens is 358 g/mol. The van der Waals surface area contributed by atoms with Gasteiger partial charge in [0.2, 0.25) is 0 Å². The van der Waals surface area contributed by atoms with Crippen molar-refractivity contribution in [3.8, 4) is 0 Å². The number of esters is 1. The van der Waals surface area contributed by atoms with Gasteiger partial charge in [0.1, 0.15) is 6.10 Å². The van der Waals surface area contributed by atoms with E-state index in [9.17, 15) is 9.59 Å². The van der Waals surface area contributed by atoms with Crippen molar-refractivity contribution < 1.29 is 14.3 Å². The SMILES string of the molecule is C[C@@H](OC(=O)CCNC(=O)c1ccc(Br)cc1)c1ccccc1. The number of halogens is 1. The van der Waals surface area contributed by atoms with Gasteiger partial charge in [0.15, 0.2) is 0 Å². The molecule has 2 rings (SSSR count). The summed E-state index contributed by atoms with van der Waals surface area (Å²) in [5.41, 5.74) is 1.50. The molecule has 0 spiro atoms. The van der Waals surface area contributed by atoms with Crippen LogP contribution in [0.15, 0.2) is 59.1 Å². The predicted octanol–water partition coefficient (Wildman–Crippen LogP) is 3.87. The second kappa shape index (κ2) is 8.48. The minimum Gasteiger partial charge on any atom is -0.458 e. The number of nitrogens with one attached hydrogen (secondary N) is 1. The number of ether oxygens (including phenoxy) is 1. The molecular formula is C18H18BrNO3. The molecule has 0 unspecified atom stereocenters. The van der Waals surface area contributed by atoms with Crippen molar-refractivity contribution in [3.05, 3.63) is 70.2 Å². The van der Waals surface area contributed by atoms with Gasteiger partial charge in [-0.05, 0) is 36.8 Å². The fourth-order valence-corrected chi connectivity index (χ4v) is 2.29. The number of hydrogen-bond acceptors (Lipinski definition) is 3. The molecule has 23 heavy (non-hydrogen) atoms. The highest BCUT2D eigenvalue weighted by Crippen LogP contribution is 2.16. The van der Waals surface area contributed by atoms with Crippen molar-refractivity contribution in [2.24, 2.45) is 0 Å². The van der Waals surface area contributed by atoms with Gasteiger partial charge >= 0.3 is 5.97 Å². The van der Waals surface area contributed by atoms with E-state index in [-0.39, 0.29) is 30.9 Å². The highest BCUT2D eigenvalue weighted by molar-refractivity contribution is 9.10. The standard InChI is InChI=1S/C18H18BrNO3/c1-13(14-5-3-2-4-6-14)23-17(21)11-12-20-18(22)15-7-9-16(19)10-8-15/h2-10,13H,11-12H2,1H3,(H,20,22)/t13-/m1/s1. The Hall–Kier alpha value is -2.14. The van der Waals surface area contributed by atoms with Crippen LogP contribution in [-0.4, -0.2) is 18.4 Å². The quantitative estimate of drug-likeness (QED) is 0.779. The Morgan fingerprint density at radius 2 is 1.74 bits per heavy atom. The Morgan fingerprint density at radius 3 is 2.39 bits per heavy atom. The van der Waals surface area contributed by atoms with Crippen LogP contribution in [0.1, 0.15) is 35.4 Å². The van der Waals surface area contributed by atoms with Crippen molar-refractivity contribution in [2.75, 3.05) is 6.54 Å². The second-order valence-electron chi connectivity index (χ2n) is 5.06. The fourth-order valence-electron chi connectivity index (χ4n) is 2.03. The topological polar surface area (TPSA) is 55.4 Å². The molecule has 2 aromatic carbocycles. The molecule has 4 nitrogen and oxygen atoms in total. The zero-order valence-corrected chi connectivity index (χ0v) is 14.4. The number of carbonyl (C=O) groups excluding carboxylic acids is 2. The first kappa shape index (κ1) is 17.2. The van der Waals surface area contributed by atoms with Crippen LogP contribution in [0, 0.1) is 0 Å². The maximum absolute atomic E-state index is 11.9. The lowest BCUT2D eigenvalue weighted by atomic mass is 10.1. The first-order valence-electron chi connectivity index (χ1n) is 7.34. The van der Waals surface area contributed by atoms with Crippen LogP contribution in [0.3, 0.4) is 0 Å². The van der Waals surface area contributed by atoms with Gasteiger partial charge in [-0.15, -0.1) is 0 Å². The minimum atomic E-state index is -0.336. The van der Waals surface area contributed by atoms with Crippen LogP contribution >= 0.6 is 15.9 Å². The third-order valence-electron chi connectivity index (χ3n) is 3.30. The lowest BCUT2D eigenvalue weighted by Gasteiger charge is -2.13. The molecule has 0 aliphatic rings. The van der Waals surface area contributed by atoms with E-state index in [1.54, 1.807) is 24.3 Å². The molecule has 0 aliphatic heterocycles. The van der Waals surface area contributed by atoms with Crippen molar-refractivity contribution in [1.82, 2.24) is 5.32 Å². The van der Waals surface area contributed by atoms with Crippen molar-refractivity contribution in [1.29, 1.82) is 0 Å². The summed E-state index contributed by atoms with van der Waals surface area (Å²) in [5, 5.41) is 2.71. The summed E-state index contributed by atoms with van der Waals surface area (Å²) in [5.74, 6) is -0.543. The number of rotatable bonds is 6. The molecule has 120 valence electrons. The lowest BCUT2D eigenvalue weighted by Crippen LogP contribution is -2.26. The first-order valence-corrected chi connectivity index (χ1v) is 8.14. The average molecular weight is 376 g/mol. The molecule has 0 bridgehead atoms. The fraction of sp³-hybridized carbons (Fsp3) is 0.222. The Labute approximate surface area is 144 Å². The largest absolute Gasteiger partial charge is 0.458 e. The molecule has 0 aromatic heterocycles. The third kappa shape index (κ3) is 5.53. The maximum atomic E-state index is 11.9. The van der Waals surface area contributed by atoms with E-state index in [0.29, 0.717) is 5.56 Å². The van der Waals surface area contributed by atoms with E-state index in [0.717, 1.165) is 10.0 Å². The average Bonchev–Trinajstić information content (AvgIpc) is 2.56. The van der Waals surface area contributed by atoms with Crippen molar-refractivity contribution in [3.63, 3.8) is 0 Å². The van der Waals surface area contributed by atoms with Gasteiger partial charge in [-0.25, -0.2) is 0 Å². The van der Waals surface area contributed by atoms with E-state index in [2.05, 4.69) is 21.2 Å². The molecule has 0 saturated carbocycles. The molecule has 2 aromatic rings. The molecule has 0 radical (unpaired) electrons. The number of hydrogen-bond donors (Lipinski definition) is 1. The van der Waals surface area contributed by atoms with Crippen LogP contribution in [0.2, 0.25) is 0 Å². The molecule has 0 heterocycles. The minimum absolute atomic E-state index is 0.138. The van der Waals surface area contributed by atoms with Crippen molar-refractivity contribution >= 4 is 27.8 Å². The number of benzene rings is 2. The van der Waals surface area contributed by atoms with Gasteiger partial charge in [-0.2, -0.15) is 0 Å². The summed E-state index contributed by atoms with van der Waals surface area (Å²) in [6.45, 7) is 2.07. The van der Waals surface area contributed by atoms with Crippen LogP contribution in [0.4, 0.5) is 0 Å².